The SMILES string of the molecule is COC(=O)C1=C(C)NC2=C(C(=O)CC(C)(C)C2)[C@@H]1c1ccc(COc2ccc(OC)cc2)o1. The van der Waals surface area contributed by atoms with E-state index in [-0.39, 0.29) is 17.8 Å². The molecule has 1 atom stereocenters. The average Bonchev–Trinajstić information content (AvgIpc) is 3.24. The molecule has 0 radical (unpaired) electrons. The second kappa shape index (κ2) is 8.81. The molecule has 2 aromatic rings. The molecule has 1 aliphatic carbocycles. The van der Waals surface area contributed by atoms with Crippen LogP contribution in [0.25, 0.3) is 0 Å². The topological polar surface area (TPSA) is 87.0 Å². The van der Waals surface area contributed by atoms with Gasteiger partial charge in [0.2, 0.25) is 0 Å². The Labute approximate surface area is 193 Å². The first-order chi connectivity index (χ1) is 15.7. The Balaban J connectivity index is 1.64. The summed E-state index contributed by atoms with van der Waals surface area (Å²) >= 11 is 0. The zero-order valence-electron chi connectivity index (χ0n) is 19.6. The Morgan fingerprint density at radius 1 is 1.09 bits per heavy atom. The molecule has 0 bridgehead atoms. The number of Topliss-reactive ketones (excluding diaryl/α,β-unsaturated/α-hetero) is 1. The van der Waals surface area contributed by atoms with E-state index in [1.54, 1.807) is 13.2 Å². The van der Waals surface area contributed by atoms with Crippen LogP contribution < -0.4 is 14.8 Å². The van der Waals surface area contributed by atoms with Crippen LogP contribution in [0.2, 0.25) is 0 Å². The van der Waals surface area contributed by atoms with E-state index in [1.807, 2.05) is 37.3 Å². The lowest BCUT2D eigenvalue weighted by atomic mass is 9.69. The number of carbonyl (C=O) groups excluding carboxylic acids is 2. The summed E-state index contributed by atoms with van der Waals surface area (Å²) in [6.07, 6.45) is 1.12. The molecule has 0 saturated heterocycles. The van der Waals surface area contributed by atoms with Gasteiger partial charge in [-0.3, -0.25) is 4.79 Å². The van der Waals surface area contributed by atoms with E-state index in [2.05, 4.69) is 19.2 Å². The molecule has 2 aliphatic rings. The lowest BCUT2D eigenvalue weighted by Crippen LogP contribution is -2.38. The van der Waals surface area contributed by atoms with Crippen LogP contribution in [0, 0.1) is 5.41 Å². The predicted molar refractivity (Wildman–Crippen MR) is 122 cm³/mol. The Morgan fingerprint density at radius 2 is 1.79 bits per heavy atom. The monoisotopic (exact) mass is 451 g/mol. The van der Waals surface area contributed by atoms with Crippen molar-refractivity contribution in [3.05, 3.63) is 70.5 Å². The Bertz CT molecular complexity index is 1140. The Hall–Kier alpha value is -3.48. The fraction of sp³-hybridized carbons (Fsp3) is 0.385. The van der Waals surface area contributed by atoms with Crippen LogP contribution in [0.15, 0.2) is 63.4 Å². The molecule has 1 aliphatic heterocycles. The van der Waals surface area contributed by atoms with Gasteiger partial charge >= 0.3 is 5.97 Å². The van der Waals surface area contributed by atoms with Crippen molar-refractivity contribution in [1.82, 2.24) is 5.32 Å². The fourth-order valence-electron chi connectivity index (χ4n) is 4.55. The molecule has 0 spiro atoms. The number of ketones is 1. The van der Waals surface area contributed by atoms with Crippen LogP contribution in [-0.4, -0.2) is 26.0 Å². The largest absolute Gasteiger partial charge is 0.497 e. The van der Waals surface area contributed by atoms with Gasteiger partial charge < -0.3 is 23.9 Å². The van der Waals surface area contributed by atoms with E-state index >= 15 is 0 Å². The molecule has 1 aromatic heterocycles. The van der Waals surface area contributed by atoms with Gasteiger partial charge in [0.25, 0.3) is 0 Å². The maximum absolute atomic E-state index is 13.2. The van der Waals surface area contributed by atoms with Gasteiger partial charge in [-0.2, -0.15) is 0 Å². The van der Waals surface area contributed by atoms with Crippen molar-refractivity contribution in [3.8, 4) is 11.5 Å². The first-order valence-electron chi connectivity index (χ1n) is 10.9. The van der Waals surface area contributed by atoms with Gasteiger partial charge in [-0.15, -0.1) is 0 Å². The number of hydrogen-bond donors (Lipinski definition) is 1. The van der Waals surface area contributed by atoms with E-state index in [0.29, 0.717) is 47.0 Å². The van der Waals surface area contributed by atoms with Crippen molar-refractivity contribution in [2.24, 2.45) is 5.41 Å². The molecule has 0 unspecified atom stereocenters. The van der Waals surface area contributed by atoms with Crippen LogP contribution in [0.4, 0.5) is 0 Å². The number of carbonyl (C=O) groups is 2. The third-order valence-electron chi connectivity index (χ3n) is 6.05. The molecule has 1 aromatic carbocycles. The number of ether oxygens (including phenoxy) is 3. The smallest absolute Gasteiger partial charge is 0.336 e. The average molecular weight is 452 g/mol. The Kier molecular flexibility index (Phi) is 6.06. The van der Waals surface area contributed by atoms with Crippen LogP contribution >= 0.6 is 0 Å². The number of hydrogen-bond acceptors (Lipinski definition) is 7. The highest BCUT2D eigenvalue weighted by atomic mass is 16.5. The van der Waals surface area contributed by atoms with Gasteiger partial charge in [-0.05, 0) is 55.2 Å². The summed E-state index contributed by atoms with van der Waals surface area (Å²) in [5.41, 5.74) is 2.33. The van der Waals surface area contributed by atoms with E-state index in [4.69, 9.17) is 18.6 Å². The highest BCUT2D eigenvalue weighted by Gasteiger charge is 2.44. The third-order valence-corrected chi connectivity index (χ3v) is 6.05. The van der Waals surface area contributed by atoms with Crippen LogP contribution in [-0.2, 0) is 20.9 Å². The molecule has 174 valence electrons. The number of benzene rings is 1. The van der Waals surface area contributed by atoms with E-state index < -0.39 is 11.9 Å². The minimum absolute atomic E-state index is 0.0140. The number of allylic oxidation sites excluding steroid dienone is 3. The fourth-order valence-corrected chi connectivity index (χ4v) is 4.55. The normalized spacial score (nSPS) is 19.7. The first kappa shape index (κ1) is 22.7. The number of esters is 1. The van der Waals surface area contributed by atoms with E-state index in [9.17, 15) is 9.59 Å². The zero-order valence-corrected chi connectivity index (χ0v) is 19.6. The summed E-state index contributed by atoms with van der Waals surface area (Å²) < 4.78 is 22.1. The van der Waals surface area contributed by atoms with Crippen molar-refractivity contribution in [1.29, 1.82) is 0 Å². The Morgan fingerprint density at radius 3 is 2.45 bits per heavy atom. The van der Waals surface area contributed by atoms with Crippen molar-refractivity contribution in [2.75, 3.05) is 14.2 Å². The number of dihydropyridines is 1. The van der Waals surface area contributed by atoms with Gasteiger partial charge in [-0.1, -0.05) is 13.8 Å². The standard InChI is InChI=1S/C26H29NO6/c1-15-22(25(29)31-5)24(23-19(27-15)12-26(2,3)13-20(23)28)21-11-10-18(33-21)14-32-17-8-6-16(30-4)7-9-17/h6-11,24,27H,12-14H2,1-5H3/t24-/m1/s1. The van der Waals surface area contributed by atoms with Gasteiger partial charge in [0, 0.05) is 23.4 Å². The second-order valence-corrected chi connectivity index (χ2v) is 9.19. The number of nitrogens with one attached hydrogen (secondary N) is 1. The summed E-state index contributed by atoms with van der Waals surface area (Å²) in [4.78, 5) is 25.9. The van der Waals surface area contributed by atoms with E-state index in [1.165, 1.54) is 7.11 Å². The van der Waals surface area contributed by atoms with Crippen molar-refractivity contribution < 1.29 is 28.2 Å². The maximum atomic E-state index is 13.2. The maximum Gasteiger partial charge on any atom is 0.336 e. The summed E-state index contributed by atoms with van der Waals surface area (Å²) in [6.45, 7) is 6.18. The minimum atomic E-state index is -0.618. The number of rotatable bonds is 6. The molecule has 0 fully saturated rings. The molecule has 0 saturated carbocycles. The summed E-state index contributed by atoms with van der Waals surface area (Å²) in [5.74, 6) is 1.44. The summed E-state index contributed by atoms with van der Waals surface area (Å²) in [6, 6.07) is 10.9. The lowest BCUT2D eigenvalue weighted by Gasteiger charge is -2.38. The highest BCUT2D eigenvalue weighted by Crippen LogP contribution is 2.47. The molecular weight excluding hydrogens is 422 g/mol. The van der Waals surface area contributed by atoms with Gasteiger partial charge in [0.05, 0.1) is 25.7 Å². The first-order valence-corrected chi connectivity index (χ1v) is 10.9. The molecular formula is C26H29NO6. The quantitative estimate of drug-likeness (QED) is 0.640. The predicted octanol–water partition coefficient (Wildman–Crippen LogP) is 4.64. The van der Waals surface area contributed by atoms with Crippen molar-refractivity contribution in [3.63, 3.8) is 0 Å². The summed E-state index contributed by atoms with van der Waals surface area (Å²) in [5, 5.41) is 3.29. The van der Waals surface area contributed by atoms with Gasteiger partial charge in [0.15, 0.2) is 5.78 Å². The van der Waals surface area contributed by atoms with Crippen LogP contribution in [0.3, 0.4) is 0 Å². The number of furan rings is 1. The molecule has 2 heterocycles. The molecule has 1 N–H and O–H groups in total. The molecule has 7 nitrogen and oxygen atoms in total. The highest BCUT2D eigenvalue weighted by molar-refractivity contribution is 6.03. The molecule has 4 rings (SSSR count). The second-order valence-electron chi connectivity index (χ2n) is 9.19. The molecule has 7 heteroatoms. The molecule has 33 heavy (non-hydrogen) atoms. The summed E-state index contributed by atoms with van der Waals surface area (Å²) in [7, 11) is 2.95. The van der Waals surface area contributed by atoms with Gasteiger partial charge in [0.1, 0.15) is 29.6 Å². The van der Waals surface area contributed by atoms with Crippen LogP contribution in [0.5, 0.6) is 11.5 Å². The lowest BCUT2D eigenvalue weighted by molar-refractivity contribution is -0.136. The molecule has 0 amide bonds. The van der Waals surface area contributed by atoms with E-state index in [0.717, 1.165) is 11.4 Å². The van der Waals surface area contributed by atoms with Crippen molar-refractivity contribution in [2.45, 2.75) is 46.1 Å². The van der Waals surface area contributed by atoms with Crippen molar-refractivity contribution >= 4 is 11.8 Å². The third kappa shape index (κ3) is 4.53. The van der Waals surface area contributed by atoms with Gasteiger partial charge in [-0.25, -0.2) is 4.79 Å². The minimum Gasteiger partial charge on any atom is -0.497 e. The van der Waals surface area contributed by atoms with Crippen LogP contribution in [0.1, 0.15) is 51.1 Å². The number of methoxy groups -OCH3 is 2. The zero-order chi connectivity index (χ0) is 23.8.